The van der Waals surface area contributed by atoms with Crippen LogP contribution in [0.25, 0.3) is 0 Å². The zero-order valence-electron chi connectivity index (χ0n) is 14.9. The number of ether oxygens (including phenoxy) is 2. The monoisotopic (exact) mass is 483 g/mol. The van der Waals surface area contributed by atoms with E-state index in [4.69, 9.17) is 32.7 Å². The second-order valence-electron chi connectivity index (χ2n) is 5.99. The van der Waals surface area contributed by atoms with Crippen molar-refractivity contribution in [3.05, 3.63) is 86.1 Å². The van der Waals surface area contributed by atoms with Crippen LogP contribution in [-0.4, -0.2) is 7.11 Å². The number of nitrogens with one attached hydrogen (secondary N) is 1. The minimum absolute atomic E-state index is 0.275. The van der Waals surface area contributed by atoms with Gasteiger partial charge in [-0.15, -0.1) is 0 Å². The number of hydrogen-bond acceptors (Lipinski definition) is 3. The van der Waals surface area contributed by atoms with Gasteiger partial charge >= 0.3 is 0 Å². The van der Waals surface area contributed by atoms with Crippen molar-refractivity contribution in [2.45, 2.75) is 13.2 Å². The van der Waals surface area contributed by atoms with Crippen LogP contribution in [0.15, 0.2) is 59.1 Å². The topological polar surface area (TPSA) is 30.5 Å². The van der Waals surface area contributed by atoms with Gasteiger partial charge in [0.25, 0.3) is 0 Å². The number of halogens is 4. The highest BCUT2D eigenvalue weighted by atomic mass is 79.9. The number of methoxy groups -OCH3 is 1. The molecule has 3 rings (SSSR count). The molecule has 0 radical (unpaired) electrons. The van der Waals surface area contributed by atoms with Gasteiger partial charge in [0, 0.05) is 16.7 Å². The molecule has 0 saturated carbocycles. The summed E-state index contributed by atoms with van der Waals surface area (Å²) in [5.74, 6) is 0.927. The Morgan fingerprint density at radius 1 is 0.964 bits per heavy atom. The molecule has 0 atom stereocenters. The molecule has 0 aliphatic carbocycles. The Morgan fingerprint density at radius 3 is 2.39 bits per heavy atom. The van der Waals surface area contributed by atoms with Gasteiger partial charge in [-0.1, -0.05) is 51.3 Å². The van der Waals surface area contributed by atoms with Gasteiger partial charge in [0.2, 0.25) is 0 Å². The summed E-state index contributed by atoms with van der Waals surface area (Å²) in [6, 6.07) is 15.3. The van der Waals surface area contributed by atoms with Crippen molar-refractivity contribution in [2.75, 3.05) is 12.4 Å². The average Bonchev–Trinajstić information content (AvgIpc) is 2.69. The van der Waals surface area contributed by atoms with Gasteiger partial charge in [0.05, 0.1) is 17.2 Å². The lowest BCUT2D eigenvalue weighted by Crippen LogP contribution is -2.03. The van der Waals surface area contributed by atoms with Gasteiger partial charge in [0.15, 0.2) is 11.5 Å². The Balaban J connectivity index is 1.71. The van der Waals surface area contributed by atoms with E-state index in [2.05, 4.69) is 21.2 Å². The van der Waals surface area contributed by atoms with Crippen LogP contribution in [0.2, 0.25) is 10.0 Å². The van der Waals surface area contributed by atoms with E-state index in [1.807, 2.05) is 18.2 Å². The van der Waals surface area contributed by atoms with Crippen molar-refractivity contribution in [1.29, 1.82) is 0 Å². The summed E-state index contributed by atoms with van der Waals surface area (Å²) in [7, 11) is 1.59. The quantitative estimate of drug-likeness (QED) is 0.388. The fourth-order valence-electron chi connectivity index (χ4n) is 2.53. The summed E-state index contributed by atoms with van der Waals surface area (Å²) in [5.41, 5.74) is 2.71. The molecule has 0 aromatic heterocycles. The predicted octanol–water partition coefficient (Wildman–Crippen LogP) is 7.09. The standard InChI is InChI=1S/C21H17BrCl2FNO2/c1-27-20-8-14(11-26-16-6-7-18(23)19(24)9-16)17(22)10-21(20)28-12-13-2-4-15(25)5-3-13/h2-10,26H,11-12H2,1H3. The van der Waals surface area contributed by atoms with E-state index in [1.54, 1.807) is 31.4 Å². The second kappa shape index (κ2) is 9.50. The molecule has 0 saturated heterocycles. The highest BCUT2D eigenvalue weighted by molar-refractivity contribution is 9.10. The van der Waals surface area contributed by atoms with Crippen LogP contribution in [-0.2, 0) is 13.2 Å². The van der Waals surface area contributed by atoms with Crippen LogP contribution in [0.4, 0.5) is 10.1 Å². The molecule has 3 aromatic rings. The normalized spacial score (nSPS) is 10.6. The zero-order chi connectivity index (χ0) is 20.1. The summed E-state index contributed by atoms with van der Waals surface area (Å²) in [6.07, 6.45) is 0. The van der Waals surface area contributed by atoms with Crippen LogP contribution in [0, 0.1) is 5.82 Å². The molecule has 7 heteroatoms. The van der Waals surface area contributed by atoms with Gasteiger partial charge in [-0.2, -0.15) is 0 Å². The smallest absolute Gasteiger partial charge is 0.162 e. The molecule has 3 nitrogen and oxygen atoms in total. The lowest BCUT2D eigenvalue weighted by Gasteiger charge is -2.15. The van der Waals surface area contributed by atoms with Crippen molar-refractivity contribution in [1.82, 2.24) is 0 Å². The first kappa shape index (κ1) is 20.8. The molecule has 0 fully saturated rings. The molecule has 0 heterocycles. The first-order valence-corrected chi connectivity index (χ1v) is 9.93. The van der Waals surface area contributed by atoms with E-state index in [0.29, 0.717) is 34.7 Å². The highest BCUT2D eigenvalue weighted by Crippen LogP contribution is 2.35. The first-order valence-electron chi connectivity index (χ1n) is 8.39. The molecular weight excluding hydrogens is 468 g/mol. The van der Waals surface area contributed by atoms with Crippen molar-refractivity contribution in [3.63, 3.8) is 0 Å². The maximum atomic E-state index is 13.0. The van der Waals surface area contributed by atoms with Gasteiger partial charge in [-0.05, 0) is 53.6 Å². The Kier molecular flexibility index (Phi) is 7.05. The van der Waals surface area contributed by atoms with E-state index in [0.717, 1.165) is 21.3 Å². The largest absolute Gasteiger partial charge is 0.493 e. The third-order valence-corrected chi connectivity index (χ3v) is 5.52. The van der Waals surface area contributed by atoms with Crippen molar-refractivity contribution < 1.29 is 13.9 Å². The minimum atomic E-state index is -0.275. The second-order valence-corrected chi connectivity index (χ2v) is 7.66. The third kappa shape index (κ3) is 5.31. The number of anilines is 1. The lowest BCUT2D eigenvalue weighted by atomic mass is 10.2. The van der Waals surface area contributed by atoms with Crippen LogP contribution in [0.1, 0.15) is 11.1 Å². The highest BCUT2D eigenvalue weighted by Gasteiger charge is 2.11. The predicted molar refractivity (Wildman–Crippen MR) is 115 cm³/mol. The van der Waals surface area contributed by atoms with Gasteiger partial charge in [0.1, 0.15) is 12.4 Å². The molecule has 0 spiro atoms. The molecule has 28 heavy (non-hydrogen) atoms. The van der Waals surface area contributed by atoms with Gasteiger partial charge in [-0.3, -0.25) is 0 Å². The molecule has 146 valence electrons. The summed E-state index contributed by atoms with van der Waals surface area (Å²) < 4.78 is 25.2. The van der Waals surface area contributed by atoms with E-state index in [9.17, 15) is 4.39 Å². The van der Waals surface area contributed by atoms with E-state index >= 15 is 0 Å². The summed E-state index contributed by atoms with van der Waals surface area (Å²) >= 11 is 15.6. The fourth-order valence-corrected chi connectivity index (χ4v) is 3.29. The van der Waals surface area contributed by atoms with Crippen LogP contribution in [0.5, 0.6) is 11.5 Å². The van der Waals surface area contributed by atoms with Crippen molar-refractivity contribution >= 4 is 44.8 Å². The molecule has 0 aliphatic rings. The Labute approximate surface area is 181 Å². The summed E-state index contributed by atoms with van der Waals surface area (Å²) in [4.78, 5) is 0. The van der Waals surface area contributed by atoms with Crippen LogP contribution in [0.3, 0.4) is 0 Å². The lowest BCUT2D eigenvalue weighted by molar-refractivity contribution is 0.284. The Morgan fingerprint density at radius 2 is 1.71 bits per heavy atom. The van der Waals surface area contributed by atoms with E-state index in [1.165, 1.54) is 12.1 Å². The van der Waals surface area contributed by atoms with Gasteiger partial charge < -0.3 is 14.8 Å². The molecule has 1 N–H and O–H groups in total. The van der Waals surface area contributed by atoms with Gasteiger partial charge in [-0.25, -0.2) is 4.39 Å². The molecule has 3 aromatic carbocycles. The maximum Gasteiger partial charge on any atom is 0.162 e. The molecule has 0 bridgehead atoms. The van der Waals surface area contributed by atoms with E-state index < -0.39 is 0 Å². The average molecular weight is 485 g/mol. The van der Waals surface area contributed by atoms with Crippen molar-refractivity contribution in [3.8, 4) is 11.5 Å². The first-order chi connectivity index (χ1) is 13.5. The third-order valence-electron chi connectivity index (χ3n) is 4.04. The molecule has 0 unspecified atom stereocenters. The van der Waals surface area contributed by atoms with E-state index in [-0.39, 0.29) is 5.82 Å². The molecular formula is C21H17BrCl2FNO2. The SMILES string of the molecule is COc1cc(CNc2ccc(Cl)c(Cl)c2)c(Br)cc1OCc1ccc(F)cc1. The van der Waals surface area contributed by atoms with Crippen molar-refractivity contribution in [2.24, 2.45) is 0 Å². The number of benzene rings is 3. The number of hydrogen-bond donors (Lipinski definition) is 1. The van der Waals surface area contributed by atoms with Crippen LogP contribution >= 0.6 is 39.1 Å². The Bertz CT molecular complexity index is 967. The number of rotatable bonds is 7. The Hall–Kier alpha value is -1.95. The maximum absolute atomic E-state index is 13.0. The molecule has 0 amide bonds. The molecule has 0 aliphatic heterocycles. The zero-order valence-corrected chi connectivity index (χ0v) is 18.0. The summed E-state index contributed by atoms with van der Waals surface area (Å²) in [6.45, 7) is 0.858. The minimum Gasteiger partial charge on any atom is -0.493 e. The fraction of sp³-hybridized carbons (Fsp3) is 0.143. The van der Waals surface area contributed by atoms with Crippen LogP contribution < -0.4 is 14.8 Å². The summed E-state index contributed by atoms with van der Waals surface area (Å²) in [5, 5.41) is 4.30.